The Labute approximate surface area is 309 Å². The molecule has 2 N–H and O–H groups in total. The summed E-state index contributed by atoms with van der Waals surface area (Å²) in [4.78, 5) is 29.8. The van der Waals surface area contributed by atoms with Crippen LogP contribution in [-0.4, -0.2) is 81.1 Å². The van der Waals surface area contributed by atoms with E-state index in [1.165, 1.54) is 27.7 Å². The normalized spacial score (nSPS) is 16.8. The number of carbonyl (C=O) groups is 2. The van der Waals surface area contributed by atoms with Gasteiger partial charge in [0.05, 0.1) is 17.0 Å². The van der Waals surface area contributed by atoms with Crippen LogP contribution in [-0.2, 0) is 44.2 Å². The van der Waals surface area contributed by atoms with Crippen molar-refractivity contribution in [3.8, 4) is 0 Å². The maximum Gasteiger partial charge on any atom is 0.246 e. The number of ether oxygens (including phenoxy) is 2. The standard InChI is InChI=1S/C20H31NO4S.C19H24N2O4S/c1-19(2,3)16-6-8-17(9-7-16)21-18(22)20(4,5)26(23,24)14-15-10-12-25-13-11-15;1-19(2,26(23,24)13-14-9-11-25-12-10-14)18(22)21-17-8-7-15-5-3-4-6-16(15)20-17/h6-9,15H,10-14H2,1-5H3,(H,21,22);3-8,14H,9-13H2,1-2H3,(H,20,21,22). The van der Waals surface area contributed by atoms with Gasteiger partial charge in [-0.2, -0.15) is 0 Å². The number of para-hydroxylation sites is 1. The molecule has 2 fully saturated rings. The fourth-order valence-corrected chi connectivity index (χ4v) is 9.29. The zero-order valence-corrected chi connectivity index (χ0v) is 33.2. The van der Waals surface area contributed by atoms with E-state index in [0.717, 1.165) is 29.3 Å². The molecule has 0 unspecified atom stereocenters. The van der Waals surface area contributed by atoms with Crippen molar-refractivity contribution in [3.63, 3.8) is 0 Å². The number of nitrogens with one attached hydrogen (secondary N) is 2. The molecule has 0 saturated carbocycles. The molecule has 13 heteroatoms. The van der Waals surface area contributed by atoms with Crippen molar-refractivity contribution in [3.05, 3.63) is 66.2 Å². The maximum atomic E-state index is 12.8. The Bertz CT molecular complexity index is 1910. The van der Waals surface area contributed by atoms with E-state index in [2.05, 4.69) is 36.4 Å². The highest BCUT2D eigenvalue weighted by Crippen LogP contribution is 2.29. The number of benzene rings is 2. The molecule has 1 aromatic heterocycles. The summed E-state index contributed by atoms with van der Waals surface area (Å²) >= 11 is 0. The fourth-order valence-electron chi connectivity index (χ4n) is 5.88. The van der Waals surface area contributed by atoms with Crippen molar-refractivity contribution in [2.45, 2.75) is 89.1 Å². The summed E-state index contributed by atoms with van der Waals surface area (Å²) in [5.74, 6) is -0.572. The lowest BCUT2D eigenvalue weighted by Gasteiger charge is -2.28. The van der Waals surface area contributed by atoms with Crippen molar-refractivity contribution in [1.29, 1.82) is 0 Å². The third-order valence-electron chi connectivity index (χ3n) is 10.1. The third-order valence-corrected chi connectivity index (χ3v) is 15.4. The molecule has 0 radical (unpaired) electrons. The van der Waals surface area contributed by atoms with Crippen molar-refractivity contribution in [1.82, 2.24) is 4.98 Å². The van der Waals surface area contributed by atoms with E-state index >= 15 is 0 Å². The van der Waals surface area contributed by atoms with Crippen LogP contribution in [0.5, 0.6) is 0 Å². The molecule has 2 aliphatic heterocycles. The Balaban J connectivity index is 0.000000233. The summed E-state index contributed by atoms with van der Waals surface area (Å²) in [5.41, 5.74) is 2.53. The van der Waals surface area contributed by atoms with E-state index in [0.29, 0.717) is 50.8 Å². The molecule has 5 rings (SSSR count). The smallest absolute Gasteiger partial charge is 0.246 e. The first-order valence-corrected chi connectivity index (χ1v) is 21.2. The van der Waals surface area contributed by atoms with E-state index in [-0.39, 0.29) is 28.8 Å². The average molecular weight is 758 g/mol. The molecule has 11 nitrogen and oxygen atoms in total. The fraction of sp³-hybridized carbons (Fsp3) is 0.564. The second-order valence-electron chi connectivity index (χ2n) is 15.8. The number of rotatable bonds is 10. The van der Waals surface area contributed by atoms with Gasteiger partial charge in [0.15, 0.2) is 19.7 Å². The first-order valence-electron chi connectivity index (χ1n) is 17.9. The number of pyridine rings is 1. The van der Waals surface area contributed by atoms with Gasteiger partial charge in [-0.15, -0.1) is 0 Å². The summed E-state index contributed by atoms with van der Waals surface area (Å²) in [6.45, 7) is 14.6. The lowest BCUT2D eigenvalue weighted by atomic mass is 9.87. The molecule has 3 aromatic rings. The van der Waals surface area contributed by atoms with Crippen LogP contribution >= 0.6 is 0 Å². The molecule has 2 aromatic carbocycles. The molecular weight excluding hydrogens is 703 g/mol. The first-order chi connectivity index (χ1) is 24.2. The summed E-state index contributed by atoms with van der Waals surface area (Å²) in [7, 11) is -7.19. The SMILES string of the molecule is CC(C)(C(=O)Nc1ccc2ccccc2n1)S(=O)(=O)CC1CCOCC1.CC(C)(C)c1ccc(NC(=O)C(C)(C)S(=O)(=O)CC2CCOCC2)cc1. The lowest BCUT2D eigenvalue weighted by Crippen LogP contribution is -2.47. The van der Waals surface area contributed by atoms with Crippen LogP contribution in [0.3, 0.4) is 0 Å². The Kier molecular flexibility index (Phi) is 13.3. The predicted molar refractivity (Wildman–Crippen MR) is 207 cm³/mol. The number of aromatic nitrogens is 1. The molecule has 286 valence electrons. The average Bonchev–Trinajstić information content (AvgIpc) is 3.08. The van der Waals surface area contributed by atoms with E-state index in [1.54, 1.807) is 6.07 Å². The summed E-state index contributed by atoms with van der Waals surface area (Å²) in [6, 6.07) is 18.6. The van der Waals surface area contributed by atoms with Gasteiger partial charge in [0, 0.05) is 37.5 Å². The van der Waals surface area contributed by atoms with Crippen molar-refractivity contribution in [2.24, 2.45) is 11.8 Å². The summed E-state index contributed by atoms with van der Waals surface area (Å²) in [6.07, 6.45) is 2.88. The Morgan fingerprint density at radius 2 is 1.12 bits per heavy atom. The highest BCUT2D eigenvalue weighted by Gasteiger charge is 2.44. The number of fused-ring (bicyclic) bond motifs is 1. The lowest BCUT2D eigenvalue weighted by molar-refractivity contribution is -0.118. The largest absolute Gasteiger partial charge is 0.381 e. The minimum absolute atomic E-state index is 0.00191. The van der Waals surface area contributed by atoms with E-state index in [1.807, 2.05) is 54.6 Å². The molecule has 52 heavy (non-hydrogen) atoms. The van der Waals surface area contributed by atoms with E-state index < -0.39 is 41.0 Å². The van der Waals surface area contributed by atoms with Gasteiger partial charge in [0.25, 0.3) is 0 Å². The topological polar surface area (TPSA) is 158 Å². The quantitative estimate of drug-likeness (QED) is 0.241. The highest BCUT2D eigenvalue weighted by molar-refractivity contribution is 7.93. The highest BCUT2D eigenvalue weighted by atomic mass is 32.2. The van der Waals surface area contributed by atoms with Gasteiger partial charge in [0.1, 0.15) is 15.3 Å². The van der Waals surface area contributed by atoms with E-state index in [4.69, 9.17) is 9.47 Å². The first kappa shape index (κ1) is 41.4. The van der Waals surface area contributed by atoms with Crippen molar-refractivity contribution < 1.29 is 35.9 Å². The van der Waals surface area contributed by atoms with Gasteiger partial charge in [-0.25, -0.2) is 21.8 Å². The molecular formula is C39H55N3O8S2. The van der Waals surface area contributed by atoms with Gasteiger partial charge in [-0.3, -0.25) is 9.59 Å². The van der Waals surface area contributed by atoms with Crippen LogP contribution < -0.4 is 10.6 Å². The Morgan fingerprint density at radius 3 is 1.60 bits per heavy atom. The van der Waals surface area contributed by atoms with Crippen LogP contribution in [0.2, 0.25) is 0 Å². The molecule has 2 amide bonds. The number of hydrogen-bond acceptors (Lipinski definition) is 9. The molecule has 3 heterocycles. The third kappa shape index (κ3) is 10.4. The Hall–Kier alpha value is -3.39. The number of amides is 2. The summed E-state index contributed by atoms with van der Waals surface area (Å²) in [5, 5.41) is 6.38. The van der Waals surface area contributed by atoms with Crippen LogP contribution in [0, 0.1) is 11.8 Å². The van der Waals surface area contributed by atoms with Gasteiger partial charge in [0.2, 0.25) is 11.8 Å². The number of hydrogen-bond donors (Lipinski definition) is 2. The summed E-state index contributed by atoms with van der Waals surface area (Å²) < 4.78 is 58.9. The van der Waals surface area contributed by atoms with Crippen molar-refractivity contribution >= 4 is 53.9 Å². The van der Waals surface area contributed by atoms with Crippen molar-refractivity contribution in [2.75, 3.05) is 48.6 Å². The van der Waals surface area contributed by atoms with Gasteiger partial charge >= 0.3 is 0 Å². The van der Waals surface area contributed by atoms with Crippen LogP contribution in [0.15, 0.2) is 60.7 Å². The zero-order chi connectivity index (χ0) is 38.4. The van der Waals surface area contributed by atoms with Gasteiger partial charge < -0.3 is 20.1 Å². The second-order valence-corrected chi connectivity index (χ2v) is 21.0. The van der Waals surface area contributed by atoms with E-state index in [9.17, 15) is 26.4 Å². The monoisotopic (exact) mass is 757 g/mol. The predicted octanol–water partition coefficient (Wildman–Crippen LogP) is 6.34. The van der Waals surface area contributed by atoms with Crippen LogP contribution in [0.1, 0.15) is 79.7 Å². The molecule has 0 atom stereocenters. The second kappa shape index (κ2) is 16.7. The van der Waals surface area contributed by atoms with Gasteiger partial charge in [-0.05, 0) is 107 Å². The van der Waals surface area contributed by atoms with Gasteiger partial charge in [-0.1, -0.05) is 51.1 Å². The van der Waals surface area contributed by atoms with Crippen LogP contribution in [0.25, 0.3) is 10.9 Å². The molecule has 2 aliphatic rings. The molecule has 0 spiro atoms. The number of carbonyl (C=O) groups excluding carboxylic acids is 2. The number of nitrogens with zero attached hydrogens (tertiary/aromatic N) is 1. The zero-order valence-electron chi connectivity index (χ0n) is 31.5. The minimum atomic E-state index is -3.62. The minimum Gasteiger partial charge on any atom is -0.381 e. The number of anilines is 2. The number of sulfone groups is 2. The van der Waals surface area contributed by atoms with Crippen LogP contribution in [0.4, 0.5) is 11.5 Å². The maximum absolute atomic E-state index is 12.8. The molecule has 0 bridgehead atoms. The molecule has 2 saturated heterocycles. The Morgan fingerprint density at radius 1 is 0.654 bits per heavy atom. The molecule has 0 aliphatic carbocycles.